The lowest BCUT2D eigenvalue weighted by Crippen LogP contribution is -2.26. The SMILES string of the molecule is CCCCNC(=O)CSc1nnnn1-c1cccc(C)c1C. The number of rotatable bonds is 7. The summed E-state index contributed by atoms with van der Waals surface area (Å²) in [5.74, 6) is 0.323. The Morgan fingerprint density at radius 2 is 2.18 bits per heavy atom. The summed E-state index contributed by atoms with van der Waals surface area (Å²) >= 11 is 1.34. The number of aromatic nitrogens is 4. The molecule has 2 aromatic rings. The first-order valence-electron chi connectivity index (χ1n) is 7.38. The molecule has 0 bridgehead atoms. The quantitative estimate of drug-likeness (QED) is 0.626. The summed E-state index contributed by atoms with van der Waals surface area (Å²) in [5, 5.41) is 15.3. The molecule has 0 aliphatic heterocycles. The molecular weight excluding hydrogens is 298 g/mol. The molecule has 0 aliphatic carbocycles. The Hall–Kier alpha value is -1.89. The number of amides is 1. The molecule has 118 valence electrons. The maximum absolute atomic E-state index is 11.8. The molecule has 1 aromatic carbocycles. The molecule has 0 aliphatic rings. The number of hydrogen-bond acceptors (Lipinski definition) is 5. The van der Waals surface area contributed by atoms with Crippen molar-refractivity contribution in [3.63, 3.8) is 0 Å². The third kappa shape index (κ3) is 4.07. The predicted octanol–water partition coefficient (Wildman–Crippen LogP) is 2.29. The molecule has 0 atom stereocenters. The van der Waals surface area contributed by atoms with Gasteiger partial charge in [0.25, 0.3) is 0 Å². The first kappa shape index (κ1) is 16.5. The molecular formula is C15H21N5OS. The summed E-state index contributed by atoms with van der Waals surface area (Å²) < 4.78 is 1.69. The summed E-state index contributed by atoms with van der Waals surface area (Å²) in [5.41, 5.74) is 3.25. The third-order valence-corrected chi connectivity index (χ3v) is 4.35. The number of nitrogens with zero attached hydrogens (tertiary/aromatic N) is 4. The van der Waals surface area contributed by atoms with E-state index >= 15 is 0 Å². The van der Waals surface area contributed by atoms with Gasteiger partial charge in [0.2, 0.25) is 11.1 Å². The first-order chi connectivity index (χ1) is 10.6. The summed E-state index contributed by atoms with van der Waals surface area (Å²) in [6.45, 7) is 6.91. The van der Waals surface area contributed by atoms with Crippen LogP contribution < -0.4 is 5.32 Å². The number of aryl methyl sites for hydroxylation is 1. The van der Waals surface area contributed by atoms with Crippen LogP contribution in [0.15, 0.2) is 23.4 Å². The monoisotopic (exact) mass is 319 g/mol. The van der Waals surface area contributed by atoms with Gasteiger partial charge in [-0.3, -0.25) is 4.79 Å². The van der Waals surface area contributed by atoms with Crippen molar-refractivity contribution in [2.75, 3.05) is 12.3 Å². The highest BCUT2D eigenvalue weighted by Gasteiger charge is 2.13. The van der Waals surface area contributed by atoms with Gasteiger partial charge in [-0.25, -0.2) is 0 Å². The molecule has 1 amide bonds. The van der Waals surface area contributed by atoms with E-state index in [1.807, 2.05) is 19.1 Å². The van der Waals surface area contributed by atoms with Gasteiger partial charge in [0.05, 0.1) is 11.4 Å². The van der Waals surface area contributed by atoms with Gasteiger partial charge in [0, 0.05) is 6.54 Å². The minimum Gasteiger partial charge on any atom is -0.355 e. The van der Waals surface area contributed by atoms with Gasteiger partial charge in [0.1, 0.15) is 0 Å². The Labute approximate surface area is 134 Å². The van der Waals surface area contributed by atoms with E-state index in [2.05, 4.69) is 40.8 Å². The minimum atomic E-state index is 0.00830. The highest BCUT2D eigenvalue weighted by Crippen LogP contribution is 2.22. The van der Waals surface area contributed by atoms with E-state index < -0.39 is 0 Å². The van der Waals surface area contributed by atoms with Crippen molar-refractivity contribution in [1.29, 1.82) is 0 Å². The average molecular weight is 319 g/mol. The van der Waals surface area contributed by atoms with Crippen LogP contribution >= 0.6 is 11.8 Å². The van der Waals surface area contributed by atoms with Crippen molar-refractivity contribution in [3.05, 3.63) is 29.3 Å². The van der Waals surface area contributed by atoms with Gasteiger partial charge in [-0.2, -0.15) is 4.68 Å². The molecule has 6 nitrogen and oxygen atoms in total. The standard InChI is InChI=1S/C15H21N5OS/c1-4-5-9-16-14(21)10-22-15-17-18-19-20(15)13-8-6-7-11(2)12(13)3/h6-8H,4-5,9-10H2,1-3H3,(H,16,21). The maximum atomic E-state index is 11.8. The Morgan fingerprint density at radius 3 is 2.95 bits per heavy atom. The van der Waals surface area contributed by atoms with E-state index in [4.69, 9.17) is 0 Å². The second-order valence-electron chi connectivity index (χ2n) is 5.08. The molecule has 0 spiro atoms. The number of carbonyl (C=O) groups excluding carboxylic acids is 1. The zero-order valence-corrected chi connectivity index (χ0v) is 14.0. The zero-order chi connectivity index (χ0) is 15.9. The lowest BCUT2D eigenvalue weighted by molar-refractivity contribution is -0.118. The van der Waals surface area contributed by atoms with Crippen LogP contribution in [0.1, 0.15) is 30.9 Å². The van der Waals surface area contributed by atoms with Crippen LogP contribution in [0.5, 0.6) is 0 Å². The van der Waals surface area contributed by atoms with Crippen LogP contribution in [0.25, 0.3) is 5.69 Å². The number of hydrogen-bond donors (Lipinski definition) is 1. The summed E-state index contributed by atoms with van der Waals surface area (Å²) in [6.07, 6.45) is 2.06. The molecule has 22 heavy (non-hydrogen) atoms. The van der Waals surface area contributed by atoms with E-state index in [1.54, 1.807) is 4.68 Å². The highest BCUT2D eigenvalue weighted by molar-refractivity contribution is 7.99. The van der Waals surface area contributed by atoms with Crippen molar-refractivity contribution in [1.82, 2.24) is 25.5 Å². The largest absolute Gasteiger partial charge is 0.355 e. The van der Waals surface area contributed by atoms with Gasteiger partial charge < -0.3 is 5.32 Å². The van der Waals surface area contributed by atoms with Crippen molar-refractivity contribution >= 4 is 17.7 Å². The fraction of sp³-hybridized carbons (Fsp3) is 0.467. The molecule has 1 heterocycles. The number of thioether (sulfide) groups is 1. The van der Waals surface area contributed by atoms with Crippen molar-refractivity contribution in [3.8, 4) is 5.69 Å². The second kappa shape index (κ2) is 7.93. The van der Waals surface area contributed by atoms with E-state index in [9.17, 15) is 4.79 Å². The Bertz CT molecular complexity index is 641. The van der Waals surface area contributed by atoms with E-state index in [0.29, 0.717) is 10.9 Å². The Kier molecular flexibility index (Phi) is 5.94. The average Bonchev–Trinajstić information content (AvgIpc) is 2.96. The molecule has 1 aromatic heterocycles. The number of nitrogens with one attached hydrogen (secondary N) is 1. The van der Waals surface area contributed by atoms with E-state index in [1.165, 1.54) is 17.3 Å². The lowest BCUT2D eigenvalue weighted by Gasteiger charge is -2.09. The molecule has 1 N–H and O–H groups in total. The van der Waals surface area contributed by atoms with E-state index in [-0.39, 0.29) is 5.91 Å². The van der Waals surface area contributed by atoms with Gasteiger partial charge in [-0.1, -0.05) is 37.2 Å². The predicted molar refractivity (Wildman–Crippen MR) is 87.3 cm³/mol. The molecule has 0 saturated heterocycles. The second-order valence-corrected chi connectivity index (χ2v) is 6.03. The van der Waals surface area contributed by atoms with Crippen LogP contribution in [0.2, 0.25) is 0 Å². The Balaban J connectivity index is 2.04. The molecule has 0 unspecified atom stereocenters. The fourth-order valence-electron chi connectivity index (χ4n) is 1.97. The van der Waals surface area contributed by atoms with Crippen LogP contribution in [-0.2, 0) is 4.79 Å². The third-order valence-electron chi connectivity index (χ3n) is 3.43. The highest BCUT2D eigenvalue weighted by atomic mass is 32.2. The topological polar surface area (TPSA) is 72.7 Å². The summed E-state index contributed by atoms with van der Waals surface area (Å²) in [7, 11) is 0. The molecule has 7 heteroatoms. The molecule has 0 radical (unpaired) electrons. The van der Waals surface area contributed by atoms with Gasteiger partial charge in [-0.15, -0.1) is 5.10 Å². The summed E-state index contributed by atoms with van der Waals surface area (Å²) in [4.78, 5) is 11.8. The zero-order valence-electron chi connectivity index (χ0n) is 13.2. The minimum absolute atomic E-state index is 0.00830. The van der Waals surface area contributed by atoms with Crippen LogP contribution in [0.3, 0.4) is 0 Å². The number of tetrazole rings is 1. The fourth-order valence-corrected chi connectivity index (χ4v) is 2.68. The molecule has 0 saturated carbocycles. The van der Waals surface area contributed by atoms with Crippen molar-refractivity contribution in [2.45, 2.75) is 38.8 Å². The smallest absolute Gasteiger partial charge is 0.230 e. The normalized spacial score (nSPS) is 10.7. The molecule has 0 fully saturated rings. The van der Waals surface area contributed by atoms with Gasteiger partial charge >= 0.3 is 0 Å². The summed E-state index contributed by atoms with van der Waals surface area (Å²) in [6, 6.07) is 6.01. The van der Waals surface area contributed by atoms with Gasteiger partial charge in [0.15, 0.2) is 0 Å². The maximum Gasteiger partial charge on any atom is 0.230 e. The molecule has 2 rings (SSSR count). The first-order valence-corrected chi connectivity index (χ1v) is 8.36. The van der Waals surface area contributed by atoms with Crippen LogP contribution in [0.4, 0.5) is 0 Å². The van der Waals surface area contributed by atoms with Crippen LogP contribution in [0, 0.1) is 13.8 Å². The van der Waals surface area contributed by atoms with Gasteiger partial charge in [-0.05, 0) is 47.9 Å². The number of carbonyl (C=O) groups is 1. The van der Waals surface area contributed by atoms with Crippen LogP contribution in [-0.4, -0.2) is 38.4 Å². The van der Waals surface area contributed by atoms with Crippen molar-refractivity contribution in [2.24, 2.45) is 0 Å². The number of unbranched alkanes of at least 4 members (excludes halogenated alkanes) is 1. The number of benzene rings is 1. The van der Waals surface area contributed by atoms with E-state index in [0.717, 1.165) is 30.6 Å². The van der Waals surface area contributed by atoms with Crippen molar-refractivity contribution < 1.29 is 4.79 Å². The Morgan fingerprint density at radius 1 is 1.36 bits per heavy atom. The lowest BCUT2D eigenvalue weighted by atomic mass is 10.1.